The Bertz CT molecular complexity index is 698. The summed E-state index contributed by atoms with van der Waals surface area (Å²) in [5.41, 5.74) is 0.878. The zero-order valence-electron chi connectivity index (χ0n) is 12.6. The van der Waals surface area contributed by atoms with Crippen molar-refractivity contribution in [3.8, 4) is 0 Å². The third-order valence-corrected chi connectivity index (χ3v) is 5.77. The molecule has 1 aliphatic carbocycles. The first-order chi connectivity index (χ1) is 11.2. The van der Waals surface area contributed by atoms with Gasteiger partial charge in [-0.3, -0.25) is 10.1 Å². The van der Waals surface area contributed by atoms with Gasteiger partial charge in [0.15, 0.2) is 0 Å². The van der Waals surface area contributed by atoms with Gasteiger partial charge in [0, 0.05) is 6.04 Å². The van der Waals surface area contributed by atoms with Crippen LogP contribution in [0.25, 0.3) is 10.2 Å². The van der Waals surface area contributed by atoms with E-state index in [4.69, 9.17) is 0 Å². The summed E-state index contributed by atoms with van der Waals surface area (Å²) in [7, 11) is 0. The number of thiophene rings is 1. The van der Waals surface area contributed by atoms with Crippen LogP contribution in [0, 0.1) is 0 Å². The lowest BCUT2D eigenvalue weighted by Gasteiger charge is -2.22. The Kier molecular flexibility index (Phi) is 5.45. The van der Waals surface area contributed by atoms with Crippen LogP contribution in [0.15, 0.2) is 22.8 Å². The maximum absolute atomic E-state index is 11.9. The van der Waals surface area contributed by atoms with Crippen LogP contribution >= 0.6 is 23.1 Å². The van der Waals surface area contributed by atoms with Crippen molar-refractivity contribution in [3.05, 3.63) is 17.8 Å². The average Bonchev–Trinajstić information content (AvgIpc) is 3.03. The van der Waals surface area contributed by atoms with E-state index in [0.717, 1.165) is 40.9 Å². The zero-order chi connectivity index (χ0) is 16.1. The number of carbonyl (C=O) groups excluding carboxylic acids is 2. The molecule has 2 aromatic rings. The third kappa shape index (κ3) is 4.42. The van der Waals surface area contributed by atoms with Crippen LogP contribution in [0.3, 0.4) is 0 Å². The molecular weight excluding hydrogens is 332 g/mol. The fourth-order valence-corrected chi connectivity index (χ4v) is 4.38. The van der Waals surface area contributed by atoms with E-state index in [2.05, 4.69) is 20.6 Å². The lowest BCUT2D eigenvalue weighted by Crippen LogP contribution is -2.45. The molecule has 2 aromatic heterocycles. The molecule has 0 saturated heterocycles. The second-order valence-corrected chi connectivity index (χ2v) is 7.34. The number of imide groups is 1. The van der Waals surface area contributed by atoms with Gasteiger partial charge in [0.1, 0.15) is 11.4 Å². The molecular formula is C15H18N4O2S2. The first-order valence-electron chi connectivity index (χ1n) is 7.64. The molecule has 6 nitrogen and oxygen atoms in total. The number of nitrogens with zero attached hydrogens (tertiary/aromatic N) is 2. The monoisotopic (exact) mass is 350 g/mol. The summed E-state index contributed by atoms with van der Waals surface area (Å²) >= 11 is 2.86. The van der Waals surface area contributed by atoms with E-state index in [9.17, 15) is 9.59 Å². The van der Waals surface area contributed by atoms with Gasteiger partial charge in [-0.15, -0.1) is 11.3 Å². The molecule has 2 heterocycles. The third-order valence-electron chi connectivity index (χ3n) is 3.74. The van der Waals surface area contributed by atoms with Crippen molar-refractivity contribution in [2.75, 3.05) is 5.75 Å². The summed E-state index contributed by atoms with van der Waals surface area (Å²) in [4.78, 5) is 32.1. The van der Waals surface area contributed by atoms with Crippen LogP contribution < -0.4 is 10.6 Å². The Labute approximate surface area is 142 Å². The molecule has 0 aliphatic heterocycles. The highest BCUT2D eigenvalue weighted by atomic mass is 32.2. The number of rotatable bonds is 4. The Morgan fingerprint density at radius 1 is 1.26 bits per heavy atom. The molecule has 1 fully saturated rings. The van der Waals surface area contributed by atoms with E-state index in [-0.39, 0.29) is 17.7 Å². The molecule has 0 bridgehead atoms. The number of carbonyl (C=O) groups is 2. The summed E-state index contributed by atoms with van der Waals surface area (Å²) in [6.07, 6.45) is 6.98. The largest absolute Gasteiger partial charge is 0.335 e. The molecule has 122 valence electrons. The molecule has 23 heavy (non-hydrogen) atoms. The van der Waals surface area contributed by atoms with Crippen molar-refractivity contribution in [2.45, 2.75) is 43.2 Å². The van der Waals surface area contributed by atoms with Crippen LogP contribution in [0.4, 0.5) is 4.79 Å². The van der Waals surface area contributed by atoms with Gasteiger partial charge >= 0.3 is 6.03 Å². The van der Waals surface area contributed by atoms with E-state index in [0.29, 0.717) is 0 Å². The molecule has 1 saturated carbocycles. The summed E-state index contributed by atoms with van der Waals surface area (Å²) < 4.78 is 0.969. The van der Waals surface area contributed by atoms with Gasteiger partial charge in [-0.2, -0.15) is 0 Å². The Morgan fingerprint density at radius 3 is 2.91 bits per heavy atom. The summed E-state index contributed by atoms with van der Waals surface area (Å²) in [5, 5.41) is 7.98. The van der Waals surface area contributed by atoms with E-state index in [1.165, 1.54) is 24.5 Å². The highest BCUT2D eigenvalue weighted by molar-refractivity contribution is 8.00. The lowest BCUT2D eigenvalue weighted by molar-refractivity contribution is -0.117. The molecule has 0 aromatic carbocycles. The fraction of sp³-hybridized carbons (Fsp3) is 0.467. The highest BCUT2D eigenvalue weighted by Gasteiger charge is 2.17. The van der Waals surface area contributed by atoms with Gasteiger partial charge in [0.2, 0.25) is 5.91 Å². The van der Waals surface area contributed by atoms with Crippen LogP contribution in [0.1, 0.15) is 32.1 Å². The standard InChI is InChI=1S/C15H18N4O2S2/c20-12(19-15(21)18-10-4-2-1-3-5-10)8-23-14-13-11(6-7-22-13)16-9-17-14/h6-7,9-10H,1-5,8H2,(H2,18,19,20,21). The number of urea groups is 1. The minimum atomic E-state index is -0.397. The van der Waals surface area contributed by atoms with Gasteiger partial charge in [-0.25, -0.2) is 14.8 Å². The summed E-state index contributed by atoms with van der Waals surface area (Å²) in [6.45, 7) is 0. The van der Waals surface area contributed by atoms with Crippen LogP contribution in [0.2, 0.25) is 0 Å². The van der Waals surface area contributed by atoms with Crippen molar-refractivity contribution in [2.24, 2.45) is 0 Å². The predicted octanol–water partition coefficient (Wildman–Crippen LogP) is 2.94. The van der Waals surface area contributed by atoms with Crippen LogP contribution in [-0.2, 0) is 4.79 Å². The second-order valence-electron chi connectivity index (χ2n) is 5.46. The molecule has 0 spiro atoms. The first kappa shape index (κ1) is 16.2. The minimum absolute atomic E-state index is 0.155. The topological polar surface area (TPSA) is 84.0 Å². The Morgan fingerprint density at radius 2 is 2.09 bits per heavy atom. The van der Waals surface area contributed by atoms with Gasteiger partial charge < -0.3 is 5.32 Å². The number of nitrogens with one attached hydrogen (secondary N) is 2. The second kappa shape index (κ2) is 7.74. The molecule has 3 rings (SSSR count). The van der Waals surface area contributed by atoms with E-state index in [1.807, 2.05) is 11.4 Å². The molecule has 3 amide bonds. The zero-order valence-corrected chi connectivity index (χ0v) is 14.2. The number of amides is 3. The maximum atomic E-state index is 11.9. The Hall–Kier alpha value is -1.67. The minimum Gasteiger partial charge on any atom is -0.335 e. The maximum Gasteiger partial charge on any atom is 0.321 e. The van der Waals surface area contributed by atoms with Gasteiger partial charge in [-0.1, -0.05) is 31.0 Å². The Balaban J connectivity index is 1.47. The van der Waals surface area contributed by atoms with Crippen molar-refractivity contribution in [3.63, 3.8) is 0 Å². The van der Waals surface area contributed by atoms with E-state index >= 15 is 0 Å². The molecule has 2 N–H and O–H groups in total. The van der Waals surface area contributed by atoms with Gasteiger partial charge in [0.25, 0.3) is 0 Å². The van der Waals surface area contributed by atoms with Crippen molar-refractivity contribution in [1.82, 2.24) is 20.6 Å². The smallest absolute Gasteiger partial charge is 0.321 e. The summed E-state index contributed by atoms with van der Waals surface area (Å²) in [5.74, 6) is -0.158. The van der Waals surface area contributed by atoms with Crippen LogP contribution in [-0.4, -0.2) is 33.7 Å². The number of hydrogen-bond acceptors (Lipinski definition) is 6. The predicted molar refractivity (Wildman–Crippen MR) is 91.7 cm³/mol. The fourth-order valence-electron chi connectivity index (χ4n) is 2.63. The first-order valence-corrected chi connectivity index (χ1v) is 9.50. The molecule has 8 heteroatoms. The number of aromatic nitrogens is 2. The molecule has 0 radical (unpaired) electrons. The average molecular weight is 350 g/mol. The van der Waals surface area contributed by atoms with E-state index in [1.54, 1.807) is 11.3 Å². The highest BCUT2D eigenvalue weighted by Crippen LogP contribution is 2.28. The molecule has 0 atom stereocenters. The summed E-state index contributed by atoms with van der Waals surface area (Å²) in [6, 6.07) is 1.71. The number of thioether (sulfide) groups is 1. The van der Waals surface area contributed by atoms with Gasteiger partial charge in [0.05, 0.1) is 16.0 Å². The van der Waals surface area contributed by atoms with Gasteiger partial charge in [-0.05, 0) is 24.3 Å². The number of fused-ring (bicyclic) bond motifs is 1. The quantitative estimate of drug-likeness (QED) is 0.654. The van der Waals surface area contributed by atoms with Crippen molar-refractivity contribution >= 4 is 45.3 Å². The number of hydrogen-bond donors (Lipinski definition) is 2. The van der Waals surface area contributed by atoms with Crippen molar-refractivity contribution < 1.29 is 9.59 Å². The lowest BCUT2D eigenvalue weighted by atomic mass is 9.96. The van der Waals surface area contributed by atoms with Crippen LogP contribution in [0.5, 0.6) is 0 Å². The molecule has 1 aliphatic rings. The normalized spacial score (nSPS) is 15.5. The molecule has 0 unspecified atom stereocenters. The SMILES string of the molecule is O=C(CSc1ncnc2ccsc12)NC(=O)NC1CCCCC1. The van der Waals surface area contributed by atoms with Crippen molar-refractivity contribution in [1.29, 1.82) is 0 Å². The van der Waals surface area contributed by atoms with E-state index < -0.39 is 6.03 Å².